The molecule has 1 N–H and O–H groups in total. The lowest BCUT2D eigenvalue weighted by Crippen LogP contribution is -2.23. The summed E-state index contributed by atoms with van der Waals surface area (Å²) in [4.78, 5) is 2.39. The molecule has 1 aliphatic heterocycles. The van der Waals surface area contributed by atoms with Gasteiger partial charge in [0.25, 0.3) is 0 Å². The molecular formula is C16H26N2. The molecule has 1 atom stereocenters. The molecule has 100 valence electrons. The fraction of sp³-hybridized carbons (Fsp3) is 0.625. The van der Waals surface area contributed by atoms with E-state index in [4.69, 9.17) is 0 Å². The van der Waals surface area contributed by atoms with E-state index in [2.05, 4.69) is 48.5 Å². The van der Waals surface area contributed by atoms with Gasteiger partial charge in [0.05, 0.1) is 0 Å². The van der Waals surface area contributed by atoms with Crippen molar-refractivity contribution in [3.05, 3.63) is 29.8 Å². The third-order valence-electron chi connectivity index (χ3n) is 3.79. The Labute approximate surface area is 111 Å². The van der Waals surface area contributed by atoms with Crippen molar-refractivity contribution in [2.45, 2.75) is 45.1 Å². The molecule has 1 saturated heterocycles. The van der Waals surface area contributed by atoms with E-state index in [1.165, 1.54) is 49.9 Å². The van der Waals surface area contributed by atoms with E-state index in [1.807, 2.05) is 0 Å². The molecule has 1 aromatic rings. The number of nitrogens with zero attached hydrogens (tertiary/aromatic N) is 1. The maximum absolute atomic E-state index is 3.62. The van der Waals surface area contributed by atoms with Gasteiger partial charge in [-0.05, 0) is 50.6 Å². The van der Waals surface area contributed by atoms with Gasteiger partial charge in [-0.2, -0.15) is 0 Å². The number of hydrogen-bond acceptors (Lipinski definition) is 2. The maximum atomic E-state index is 3.62. The fourth-order valence-corrected chi connectivity index (χ4v) is 2.64. The average Bonchev–Trinajstić information content (AvgIpc) is 2.77. The Balaban J connectivity index is 1.80. The topological polar surface area (TPSA) is 15.3 Å². The van der Waals surface area contributed by atoms with Crippen LogP contribution in [0.5, 0.6) is 0 Å². The van der Waals surface area contributed by atoms with Crippen molar-refractivity contribution in [1.29, 1.82) is 0 Å². The predicted octanol–water partition coefficient (Wildman–Crippen LogP) is 3.54. The molecule has 0 bridgehead atoms. The van der Waals surface area contributed by atoms with Crippen LogP contribution in [0.1, 0.15) is 38.2 Å². The predicted molar refractivity (Wildman–Crippen MR) is 79.2 cm³/mol. The normalized spacial score (nSPS) is 20.2. The summed E-state index contributed by atoms with van der Waals surface area (Å²) in [6, 6.07) is 9.65. The number of anilines is 1. The first-order valence-corrected chi connectivity index (χ1v) is 7.32. The second kappa shape index (κ2) is 6.79. The minimum atomic E-state index is 0.626. The lowest BCUT2D eigenvalue weighted by Gasteiger charge is -2.14. The molecule has 0 saturated carbocycles. The molecule has 1 aromatic carbocycles. The number of benzene rings is 1. The van der Waals surface area contributed by atoms with Gasteiger partial charge in [0.1, 0.15) is 0 Å². The minimum absolute atomic E-state index is 0.626. The van der Waals surface area contributed by atoms with E-state index in [0.717, 1.165) is 6.54 Å². The van der Waals surface area contributed by atoms with Crippen LogP contribution < -0.4 is 5.32 Å². The highest BCUT2D eigenvalue weighted by molar-refractivity contribution is 5.45. The summed E-state index contributed by atoms with van der Waals surface area (Å²) in [6.45, 7) is 4.64. The van der Waals surface area contributed by atoms with Crippen LogP contribution in [0.15, 0.2) is 24.3 Å². The lowest BCUT2D eigenvalue weighted by molar-refractivity contribution is 0.414. The summed E-state index contributed by atoms with van der Waals surface area (Å²) in [5, 5.41) is 3.62. The van der Waals surface area contributed by atoms with Gasteiger partial charge in [0, 0.05) is 18.3 Å². The SMILES string of the molecule is CCCCCc1ccc(NC2CCN(C)C2)cc1. The van der Waals surface area contributed by atoms with Gasteiger partial charge in [-0.25, -0.2) is 0 Å². The Morgan fingerprint density at radius 3 is 2.61 bits per heavy atom. The van der Waals surface area contributed by atoms with Gasteiger partial charge in [-0.15, -0.1) is 0 Å². The fourth-order valence-electron chi connectivity index (χ4n) is 2.64. The molecule has 18 heavy (non-hydrogen) atoms. The van der Waals surface area contributed by atoms with Crippen LogP contribution in [0.4, 0.5) is 5.69 Å². The number of likely N-dealkylation sites (N-methyl/N-ethyl adjacent to an activating group) is 1. The van der Waals surface area contributed by atoms with Crippen molar-refractivity contribution < 1.29 is 0 Å². The number of hydrogen-bond donors (Lipinski definition) is 1. The summed E-state index contributed by atoms with van der Waals surface area (Å²) >= 11 is 0. The van der Waals surface area contributed by atoms with Crippen molar-refractivity contribution in [2.24, 2.45) is 0 Å². The number of nitrogens with one attached hydrogen (secondary N) is 1. The number of unbranched alkanes of at least 4 members (excludes halogenated alkanes) is 2. The van der Waals surface area contributed by atoms with Gasteiger partial charge in [-0.3, -0.25) is 0 Å². The Kier molecular flexibility index (Phi) is 5.06. The highest BCUT2D eigenvalue weighted by Gasteiger charge is 2.18. The Morgan fingerprint density at radius 1 is 1.22 bits per heavy atom. The summed E-state index contributed by atoms with van der Waals surface area (Å²) in [7, 11) is 2.19. The monoisotopic (exact) mass is 246 g/mol. The highest BCUT2D eigenvalue weighted by Crippen LogP contribution is 2.16. The molecular weight excluding hydrogens is 220 g/mol. The van der Waals surface area contributed by atoms with Gasteiger partial charge in [0.2, 0.25) is 0 Å². The van der Waals surface area contributed by atoms with Crippen LogP contribution in [0.25, 0.3) is 0 Å². The third-order valence-corrected chi connectivity index (χ3v) is 3.79. The Morgan fingerprint density at radius 2 is 2.00 bits per heavy atom. The molecule has 2 nitrogen and oxygen atoms in total. The minimum Gasteiger partial charge on any atom is -0.381 e. The zero-order chi connectivity index (χ0) is 12.8. The Hall–Kier alpha value is -1.02. The van der Waals surface area contributed by atoms with Gasteiger partial charge < -0.3 is 10.2 Å². The van der Waals surface area contributed by atoms with Crippen molar-refractivity contribution in [2.75, 3.05) is 25.5 Å². The van der Waals surface area contributed by atoms with E-state index in [9.17, 15) is 0 Å². The van der Waals surface area contributed by atoms with E-state index < -0.39 is 0 Å². The molecule has 0 amide bonds. The third kappa shape index (κ3) is 4.02. The second-order valence-electron chi connectivity index (χ2n) is 5.55. The average molecular weight is 246 g/mol. The van der Waals surface area contributed by atoms with Gasteiger partial charge >= 0.3 is 0 Å². The molecule has 1 fully saturated rings. The van der Waals surface area contributed by atoms with E-state index >= 15 is 0 Å². The van der Waals surface area contributed by atoms with Crippen LogP contribution in [-0.2, 0) is 6.42 Å². The van der Waals surface area contributed by atoms with Gasteiger partial charge in [-0.1, -0.05) is 31.9 Å². The molecule has 0 aromatic heterocycles. The van der Waals surface area contributed by atoms with Crippen molar-refractivity contribution in [3.63, 3.8) is 0 Å². The van der Waals surface area contributed by atoms with Crippen LogP contribution in [0.3, 0.4) is 0 Å². The smallest absolute Gasteiger partial charge is 0.0400 e. The van der Waals surface area contributed by atoms with Gasteiger partial charge in [0.15, 0.2) is 0 Å². The molecule has 2 heteroatoms. The number of likely N-dealkylation sites (tertiary alicyclic amines) is 1. The van der Waals surface area contributed by atoms with E-state index in [1.54, 1.807) is 0 Å². The lowest BCUT2D eigenvalue weighted by atomic mass is 10.1. The standard InChI is InChI=1S/C16H26N2/c1-3-4-5-6-14-7-9-15(10-8-14)17-16-11-12-18(2)13-16/h7-10,16-17H,3-6,11-13H2,1-2H3. The number of rotatable bonds is 6. The van der Waals surface area contributed by atoms with Crippen molar-refractivity contribution in [1.82, 2.24) is 4.90 Å². The summed E-state index contributed by atoms with van der Waals surface area (Å²) < 4.78 is 0. The molecule has 1 aliphatic rings. The largest absolute Gasteiger partial charge is 0.381 e. The summed E-state index contributed by atoms with van der Waals surface area (Å²) in [6.07, 6.45) is 6.44. The molecule has 0 aliphatic carbocycles. The first kappa shape index (κ1) is 13.4. The first-order valence-electron chi connectivity index (χ1n) is 7.32. The van der Waals surface area contributed by atoms with Crippen LogP contribution in [0.2, 0.25) is 0 Å². The molecule has 1 unspecified atom stereocenters. The van der Waals surface area contributed by atoms with Crippen LogP contribution >= 0.6 is 0 Å². The first-order chi connectivity index (χ1) is 8.78. The van der Waals surface area contributed by atoms with Crippen molar-refractivity contribution >= 4 is 5.69 Å². The molecule has 2 rings (SSSR count). The highest BCUT2D eigenvalue weighted by atomic mass is 15.2. The zero-order valence-electron chi connectivity index (χ0n) is 11.8. The maximum Gasteiger partial charge on any atom is 0.0400 e. The summed E-state index contributed by atoms with van der Waals surface area (Å²) in [5.74, 6) is 0. The molecule has 0 spiro atoms. The van der Waals surface area contributed by atoms with E-state index in [0.29, 0.717) is 6.04 Å². The quantitative estimate of drug-likeness (QED) is 0.772. The summed E-state index contributed by atoms with van der Waals surface area (Å²) in [5.41, 5.74) is 2.74. The Bertz CT molecular complexity index is 345. The van der Waals surface area contributed by atoms with Crippen LogP contribution in [-0.4, -0.2) is 31.1 Å². The van der Waals surface area contributed by atoms with Crippen LogP contribution in [0, 0.1) is 0 Å². The molecule has 1 heterocycles. The molecule has 0 radical (unpaired) electrons. The van der Waals surface area contributed by atoms with Crippen molar-refractivity contribution in [3.8, 4) is 0 Å². The zero-order valence-corrected chi connectivity index (χ0v) is 11.8. The number of aryl methyl sites for hydroxylation is 1. The van der Waals surface area contributed by atoms with E-state index in [-0.39, 0.29) is 0 Å². The second-order valence-corrected chi connectivity index (χ2v) is 5.55.